The lowest BCUT2D eigenvalue weighted by Crippen LogP contribution is -2.06. The van der Waals surface area contributed by atoms with E-state index in [-0.39, 0.29) is 39.9 Å². The monoisotopic (exact) mass is 528 g/mol. The molecule has 0 spiro atoms. The highest BCUT2D eigenvalue weighted by molar-refractivity contribution is 9.10. The lowest BCUT2D eigenvalue weighted by molar-refractivity contribution is -0.138. The minimum absolute atomic E-state index is 0.00328. The van der Waals surface area contributed by atoms with Gasteiger partial charge in [0.05, 0.1) is 21.5 Å². The third-order valence-electron chi connectivity index (χ3n) is 4.76. The summed E-state index contributed by atoms with van der Waals surface area (Å²) in [5, 5.41) is 13.1. The van der Waals surface area contributed by atoms with Crippen LogP contribution in [0.1, 0.15) is 30.4 Å². The molecule has 12 heteroatoms. The van der Waals surface area contributed by atoms with E-state index in [2.05, 4.69) is 31.1 Å². The van der Waals surface area contributed by atoms with Crippen molar-refractivity contribution >= 4 is 39.1 Å². The summed E-state index contributed by atoms with van der Waals surface area (Å²) in [6.45, 7) is 1.78. The number of carbonyl (C=O) groups is 1. The van der Waals surface area contributed by atoms with Gasteiger partial charge in [0.2, 0.25) is 5.82 Å². The fraction of sp³-hybridized carbons (Fsp3) is 0.200. The van der Waals surface area contributed by atoms with E-state index in [1.165, 1.54) is 10.6 Å². The Hall–Kier alpha value is -2.92. The number of carboxylic acids is 1. The number of benzene rings is 1. The quantitative estimate of drug-likeness (QED) is 0.338. The Kier molecular flexibility index (Phi) is 5.72. The first kappa shape index (κ1) is 22.3. The Morgan fingerprint density at radius 3 is 2.69 bits per heavy atom. The van der Waals surface area contributed by atoms with Gasteiger partial charge in [0.1, 0.15) is 5.69 Å². The summed E-state index contributed by atoms with van der Waals surface area (Å²) < 4.78 is 45.8. The van der Waals surface area contributed by atoms with Crippen LogP contribution in [0.15, 0.2) is 45.7 Å². The number of pyridine rings is 1. The van der Waals surface area contributed by atoms with Crippen molar-refractivity contribution in [1.29, 1.82) is 0 Å². The van der Waals surface area contributed by atoms with Crippen LogP contribution in [0.3, 0.4) is 0 Å². The van der Waals surface area contributed by atoms with Crippen LogP contribution >= 0.6 is 27.5 Å². The topological polar surface area (TPSA) is 93.5 Å². The van der Waals surface area contributed by atoms with Crippen LogP contribution in [-0.4, -0.2) is 30.6 Å². The van der Waals surface area contributed by atoms with Gasteiger partial charge in [0.15, 0.2) is 5.65 Å². The van der Waals surface area contributed by atoms with E-state index in [9.17, 15) is 18.0 Å². The van der Waals surface area contributed by atoms with E-state index in [4.69, 9.17) is 21.2 Å². The van der Waals surface area contributed by atoms with E-state index < -0.39 is 17.7 Å². The zero-order chi connectivity index (χ0) is 23.2. The number of hydrogen-bond donors (Lipinski definition) is 1. The van der Waals surface area contributed by atoms with Crippen LogP contribution < -0.4 is 0 Å². The van der Waals surface area contributed by atoms with Crippen molar-refractivity contribution in [3.05, 3.63) is 57.3 Å². The molecule has 3 aromatic heterocycles. The number of nitrogens with zero attached hydrogens (tertiary/aromatic N) is 4. The molecule has 1 aromatic carbocycles. The Bertz CT molecular complexity index is 1340. The van der Waals surface area contributed by atoms with Crippen LogP contribution in [0.2, 0.25) is 5.02 Å². The first-order chi connectivity index (χ1) is 15.0. The van der Waals surface area contributed by atoms with Gasteiger partial charge in [-0.2, -0.15) is 18.2 Å². The second-order valence-electron chi connectivity index (χ2n) is 7.09. The van der Waals surface area contributed by atoms with Gasteiger partial charge < -0.3 is 14.0 Å². The molecule has 0 fully saturated rings. The molecule has 0 aliphatic rings. The first-order valence-corrected chi connectivity index (χ1v) is 10.3. The van der Waals surface area contributed by atoms with E-state index in [1.54, 1.807) is 25.1 Å². The number of aromatic nitrogens is 4. The zero-order valence-corrected chi connectivity index (χ0v) is 18.5. The Morgan fingerprint density at radius 2 is 2.03 bits per heavy atom. The van der Waals surface area contributed by atoms with Gasteiger partial charge in [-0.3, -0.25) is 4.79 Å². The molecule has 0 saturated carbocycles. The number of halogens is 5. The molecule has 166 valence electrons. The summed E-state index contributed by atoms with van der Waals surface area (Å²) in [7, 11) is 0. The van der Waals surface area contributed by atoms with E-state index >= 15 is 0 Å². The summed E-state index contributed by atoms with van der Waals surface area (Å²) in [4.78, 5) is 19.4. The highest BCUT2D eigenvalue weighted by Crippen LogP contribution is 2.34. The number of aliphatic carboxylic acids is 1. The summed E-state index contributed by atoms with van der Waals surface area (Å²) in [6.07, 6.45) is -2.28. The van der Waals surface area contributed by atoms with E-state index in [0.29, 0.717) is 10.6 Å². The molecule has 0 saturated heterocycles. The third kappa shape index (κ3) is 4.35. The molecule has 4 rings (SSSR count). The van der Waals surface area contributed by atoms with Crippen LogP contribution in [0, 0.1) is 0 Å². The molecule has 0 aliphatic carbocycles. The fourth-order valence-electron chi connectivity index (χ4n) is 3.15. The predicted molar refractivity (Wildman–Crippen MR) is 112 cm³/mol. The SMILES string of the molecule is CC(CC(=O)O)c1ccc(-c2noc(-c3cn4cc(C(F)(F)F)cc(Br)c4n3)n2)c(Cl)c1. The lowest BCUT2D eigenvalue weighted by atomic mass is 9.97. The van der Waals surface area contributed by atoms with Crippen LogP contribution in [-0.2, 0) is 11.0 Å². The van der Waals surface area contributed by atoms with E-state index in [0.717, 1.165) is 17.8 Å². The van der Waals surface area contributed by atoms with Crippen molar-refractivity contribution in [2.75, 3.05) is 0 Å². The number of fused-ring (bicyclic) bond motifs is 1. The molecule has 0 bridgehead atoms. The summed E-state index contributed by atoms with van der Waals surface area (Å²) in [5.41, 5.74) is 0.804. The average Bonchev–Trinajstić information content (AvgIpc) is 3.33. The highest BCUT2D eigenvalue weighted by atomic mass is 79.9. The summed E-state index contributed by atoms with van der Waals surface area (Å²) in [6, 6.07) is 5.96. The predicted octanol–water partition coefficient (Wildman–Crippen LogP) is 6.06. The molecule has 1 atom stereocenters. The second kappa shape index (κ2) is 8.21. The molecule has 3 heterocycles. The third-order valence-corrected chi connectivity index (χ3v) is 5.66. The maximum Gasteiger partial charge on any atom is 0.417 e. The summed E-state index contributed by atoms with van der Waals surface area (Å²) in [5.74, 6) is -0.988. The van der Waals surface area contributed by atoms with Crippen molar-refractivity contribution in [2.24, 2.45) is 0 Å². The van der Waals surface area contributed by atoms with Gasteiger partial charge in [-0.15, -0.1) is 0 Å². The molecular weight excluding hydrogens is 517 g/mol. The number of imidazole rings is 1. The molecule has 1 N–H and O–H groups in total. The van der Waals surface area contributed by atoms with Crippen molar-refractivity contribution in [2.45, 2.75) is 25.4 Å². The Labute approximate surface area is 192 Å². The normalized spacial score (nSPS) is 12.9. The molecule has 1 unspecified atom stereocenters. The second-order valence-corrected chi connectivity index (χ2v) is 8.35. The van der Waals surface area contributed by atoms with Crippen molar-refractivity contribution in [3.63, 3.8) is 0 Å². The smallest absolute Gasteiger partial charge is 0.417 e. The van der Waals surface area contributed by atoms with Gasteiger partial charge >= 0.3 is 12.1 Å². The highest BCUT2D eigenvalue weighted by Gasteiger charge is 2.32. The lowest BCUT2D eigenvalue weighted by Gasteiger charge is -2.10. The number of alkyl halides is 3. The van der Waals surface area contributed by atoms with Crippen molar-refractivity contribution in [3.8, 4) is 23.0 Å². The van der Waals surface area contributed by atoms with Gasteiger partial charge in [-0.25, -0.2) is 4.98 Å². The van der Waals surface area contributed by atoms with Crippen LogP contribution in [0.5, 0.6) is 0 Å². The number of rotatable bonds is 5. The van der Waals surface area contributed by atoms with Gasteiger partial charge in [-0.05, 0) is 45.6 Å². The summed E-state index contributed by atoms with van der Waals surface area (Å²) >= 11 is 9.45. The standard InChI is InChI=1S/C20H13BrClF3N4O3/c1-9(4-16(30)31)10-2-3-12(14(22)5-10)17-27-19(32-28-17)15-8-29-7-11(20(23,24)25)6-13(21)18(29)26-15/h2-3,5-9H,4H2,1H3,(H,30,31). The average molecular weight is 530 g/mol. The van der Waals surface area contributed by atoms with Crippen molar-refractivity contribution < 1.29 is 27.6 Å². The largest absolute Gasteiger partial charge is 0.481 e. The first-order valence-electron chi connectivity index (χ1n) is 9.14. The zero-order valence-electron chi connectivity index (χ0n) is 16.2. The van der Waals surface area contributed by atoms with E-state index in [1.807, 2.05) is 0 Å². The van der Waals surface area contributed by atoms with Gasteiger partial charge in [0.25, 0.3) is 5.89 Å². The molecule has 7 nitrogen and oxygen atoms in total. The molecular formula is C20H13BrClF3N4O3. The number of carboxylic acid groups (broad SMARTS) is 1. The molecule has 0 aliphatic heterocycles. The molecule has 32 heavy (non-hydrogen) atoms. The fourth-order valence-corrected chi connectivity index (χ4v) is 3.96. The maximum atomic E-state index is 13.1. The molecule has 0 amide bonds. The number of hydrogen-bond acceptors (Lipinski definition) is 5. The van der Waals surface area contributed by atoms with Crippen LogP contribution in [0.4, 0.5) is 13.2 Å². The van der Waals surface area contributed by atoms with Crippen LogP contribution in [0.25, 0.3) is 28.6 Å². The minimum Gasteiger partial charge on any atom is -0.481 e. The molecule has 0 radical (unpaired) electrons. The minimum atomic E-state index is -4.51. The van der Waals surface area contributed by atoms with Gasteiger partial charge in [-0.1, -0.05) is 29.7 Å². The van der Waals surface area contributed by atoms with Crippen molar-refractivity contribution in [1.82, 2.24) is 19.5 Å². The maximum absolute atomic E-state index is 13.1. The Balaban J connectivity index is 1.66. The molecule has 4 aromatic rings. The van der Waals surface area contributed by atoms with Gasteiger partial charge in [0, 0.05) is 18.0 Å². The Morgan fingerprint density at radius 1 is 1.28 bits per heavy atom.